The van der Waals surface area contributed by atoms with Gasteiger partial charge in [0.05, 0.1) is 22.1 Å². The molecular weight excluding hydrogens is 458 g/mol. The van der Waals surface area contributed by atoms with Gasteiger partial charge in [0.15, 0.2) is 0 Å². The summed E-state index contributed by atoms with van der Waals surface area (Å²) >= 11 is 1.41. The first-order valence-corrected chi connectivity index (χ1v) is 12.5. The Morgan fingerprint density at radius 1 is 1.14 bits per heavy atom. The SMILES string of the molecule is Cc1ccsc1C(=O)Nc1ccc(C=Cc2n[nH]c3ccccc23)cc1C(C=O)N1CCNCC1. The number of hydrogen-bond donors (Lipinski definition) is 3. The molecule has 1 aliphatic rings. The third-order valence-corrected chi connectivity index (χ3v) is 7.33. The van der Waals surface area contributed by atoms with Gasteiger partial charge in [-0.1, -0.05) is 30.3 Å². The molecule has 35 heavy (non-hydrogen) atoms. The smallest absolute Gasteiger partial charge is 0.266 e. The van der Waals surface area contributed by atoms with Crippen LogP contribution in [0.25, 0.3) is 23.1 Å². The first-order chi connectivity index (χ1) is 17.1. The first-order valence-electron chi connectivity index (χ1n) is 11.6. The highest BCUT2D eigenvalue weighted by Crippen LogP contribution is 2.30. The third kappa shape index (κ3) is 4.95. The van der Waals surface area contributed by atoms with E-state index in [0.29, 0.717) is 10.6 Å². The molecule has 5 rings (SSSR count). The second-order valence-electron chi connectivity index (χ2n) is 8.59. The van der Waals surface area contributed by atoms with Crippen LogP contribution in [0, 0.1) is 6.92 Å². The lowest BCUT2D eigenvalue weighted by Crippen LogP contribution is -2.45. The van der Waals surface area contributed by atoms with Crippen LogP contribution in [0.4, 0.5) is 5.69 Å². The molecule has 3 N–H and O–H groups in total. The minimum Gasteiger partial charge on any atom is -0.321 e. The lowest BCUT2D eigenvalue weighted by molar-refractivity contribution is -0.112. The maximum Gasteiger partial charge on any atom is 0.266 e. The fraction of sp³-hybridized carbons (Fsp3) is 0.222. The van der Waals surface area contributed by atoms with Gasteiger partial charge in [0, 0.05) is 42.8 Å². The number of anilines is 1. The molecule has 8 heteroatoms. The normalized spacial score (nSPS) is 15.5. The fourth-order valence-corrected chi connectivity index (χ4v) is 5.25. The molecular formula is C27H27N5O2S. The molecule has 4 aromatic rings. The Morgan fingerprint density at radius 3 is 2.74 bits per heavy atom. The number of aromatic amines is 1. The van der Waals surface area contributed by atoms with Crippen molar-refractivity contribution in [2.24, 2.45) is 0 Å². The highest BCUT2D eigenvalue weighted by molar-refractivity contribution is 7.12. The van der Waals surface area contributed by atoms with E-state index >= 15 is 0 Å². The van der Waals surface area contributed by atoms with Crippen LogP contribution in [-0.2, 0) is 4.79 Å². The van der Waals surface area contributed by atoms with Crippen LogP contribution in [0.1, 0.15) is 38.1 Å². The Balaban J connectivity index is 1.49. The Labute approximate surface area is 207 Å². The lowest BCUT2D eigenvalue weighted by atomic mass is 9.99. The molecule has 0 aliphatic carbocycles. The van der Waals surface area contributed by atoms with Crippen LogP contribution >= 0.6 is 11.3 Å². The van der Waals surface area contributed by atoms with Crippen molar-refractivity contribution in [1.29, 1.82) is 0 Å². The molecule has 0 saturated carbocycles. The Hall–Kier alpha value is -3.59. The van der Waals surface area contributed by atoms with Crippen LogP contribution in [0.5, 0.6) is 0 Å². The standard InChI is InChI=1S/C27H27N5O2S/c1-18-10-15-35-26(18)27(34)29-22-8-6-19(7-9-24-20-4-2-3-5-23(20)30-31-24)16-21(22)25(17-33)32-13-11-28-12-14-32/h2-10,15-17,25,28H,11-14H2,1H3,(H,29,34)(H,30,31). The summed E-state index contributed by atoms with van der Waals surface area (Å²) in [5.74, 6) is -0.157. The monoisotopic (exact) mass is 485 g/mol. The number of para-hydroxylation sites is 1. The minimum atomic E-state index is -0.448. The molecule has 0 radical (unpaired) electrons. The molecule has 1 amide bonds. The molecule has 1 atom stereocenters. The summed E-state index contributed by atoms with van der Waals surface area (Å²) in [6.07, 6.45) is 4.92. The Bertz CT molecular complexity index is 1380. The zero-order valence-electron chi connectivity index (χ0n) is 19.5. The van der Waals surface area contributed by atoms with Gasteiger partial charge in [-0.25, -0.2) is 0 Å². The second kappa shape index (κ2) is 10.4. The number of H-pyrrole nitrogens is 1. The summed E-state index contributed by atoms with van der Waals surface area (Å²) in [7, 11) is 0. The summed E-state index contributed by atoms with van der Waals surface area (Å²) in [6.45, 7) is 5.10. The van der Waals surface area contributed by atoms with Crippen molar-refractivity contribution in [2.75, 3.05) is 31.5 Å². The molecule has 0 spiro atoms. The van der Waals surface area contributed by atoms with E-state index in [1.165, 1.54) is 11.3 Å². The van der Waals surface area contributed by atoms with E-state index in [1.807, 2.05) is 73.0 Å². The van der Waals surface area contributed by atoms with E-state index in [4.69, 9.17) is 0 Å². The Morgan fingerprint density at radius 2 is 1.97 bits per heavy atom. The van der Waals surface area contributed by atoms with Crippen molar-refractivity contribution in [3.05, 3.63) is 81.2 Å². The molecule has 3 heterocycles. The summed E-state index contributed by atoms with van der Waals surface area (Å²) in [5, 5.41) is 16.8. The maximum atomic E-state index is 13.0. The lowest BCUT2D eigenvalue weighted by Gasteiger charge is -2.33. The van der Waals surface area contributed by atoms with Gasteiger partial charge in [0.25, 0.3) is 5.91 Å². The number of amides is 1. The van der Waals surface area contributed by atoms with Gasteiger partial charge < -0.3 is 15.4 Å². The highest BCUT2D eigenvalue weighted by atomic mass is 32.1. The highest BCUT2D eigenvalue weighted by Gasteiger charge is 2.25. The first kappa shape index (κ1) is 23.2. The molecule has 178 valence electrons. The van der Waals surface area contributed by atoms with Crippen molar-refractivity contribution in [3.8, 4) is 0 Å². The van der Waals surface area contributed by atoms with Crippen molar-refractivity contribution in [2.45, 2.75) is 13.0 Å². The third-order valence-electron chi connectivity index (χ3n) is 6.32. The van der Waals surface area contributed by atoms with Gasteiger partial charge in [0.2, 0.25) is 0 Å². The van der Waals surface area contributed by atoms with Crippen molar-refractivity contribution < 1.29 is 9.59 Å². The van der Waals surface area contributed by atoms with Crippen LogP contribution in [0.2, 0.25) is 0 Å². The molecule has 1 unspecified atom stereocenters. The fourth-order valence-electron chi connectivity index (χ4n) is 4.43. The number of piperazine rings is 1. The zero-order chi connectivity index (χ0) is 24.2. The largest absolute Gasteiger partial charge is 0.321 e. The number of rotatable bonds is 7. The van der Waals surface area contributed by atoms with E-state index < -0.39 is 6.04 Å². The summed E-state index contributed by atoms with van der Waals surface area (Å²) in [6, 6.07) is 15.3. The molecule has 1 saturated heterocycles. The van der Waals surface area contributed by atoms with Crippen molar-refractivity contribution in [3.63, 3.8) is 0 Å². The number of carbonyl (C=O) groups is 2. The average molecular weight is 486 g/mol. The number of fused-ring (bicyclic) bond motifs is 1. The number of aromatic nitrogens is 2. The Kier molecular flexibility index (Phi) is 6.85. The van der Waals surface area contributed by atoms with Crippen LogP contribution < -0.4 is 10.6 Å². The van der Waals surface area contributed by atoms with Gasteiger partial charge in [-0.2, -0.15) is 5.10 Å². The number of nitrogens with one attached hydrogen (secondary N) is 3. The number of nitrogens with zero attached hydrogens (tertiary/aromatic N) is 2. The quantitative estimate of drug-likeness (QED) is 0.335. The molecule has 2 aromatic carbocycles. The van der Waals surface area contributed by atoms with Gasteiger partial charge >= 0.3 is 0 Å². The van der Waals surface area contributed by atoms with Gasteiger partial charge in [0.1, 0.15) is 6.29 Å². The van der Waals surface area contributed by atoms with E-state index in [1.54, 1.807) is 0 Å². The number of aryl methyl sites for hydroxylation is 1. The number of hydrogen-bond acceptors (Lipinski definition) is 6. The van der Waals surface area contributed by atoms with Gasteiger partial charge in [-0.15, -0.1) is 11.3 Å². The maximum absolute atomic E-state index is 13.0. The molecule has 1 fully saturated rings. The summed E-state index contributed by atoms with van der Waals surface area (Å²) in [4.78, 5) is 28.1. The van der Waals surface area contributed by atoms with Crippen LogP contribution in [0.3, 0.4) is 0 Å². The van der Waals surface area contributed by atoms with Crippen LogP contribution in [-0.4, -0.2) is 53.5 Å². The number of thiophene rings is 1. The van der Waals surface area contributed by atoms with E-state index in [9.17, 15) is 9.59 Å². The number of aldehydes is 1. The van der Waals surface area contributed by atoms with Crippen molar-refractivity contribution in [1.82, 2.24) is 20.4 Å². The van der Waals surface area contributed by atoms with Crippen molar-refractivity contribution >= 4 is 52.3 Å². The van der Waals surface area contributed by atoms with E-state index in [2.05, 4.69) is 25.7 Å². The zero-order valence-corrected chi connectivity index (χ0v) is 20.3. The number of carbonyl (C=O) groups excluding carboxylic acids is 2. The number of benzene rings is 2. The topological polar surface area (TPSA) is 90.1 Å². The van der Waals surface area contributed by atoms with Crippen LogP contribution in [0.15, 0.2) is 53.9 Å². The molecule has 1 aliphatic heterocycles. The predicted molar refractivity (Wildman–Crippen MR) is 142 cm³/mol. The summed E-state index contributed by atoms with van der Waals surface area (Å²) in [5.41, 5.74) is 5.14. The molecule has 2 aromatic heterocycles. The molecule has 0 bridgehead atoms. The summed E-state index contributed by atoms with van der Waals surface area (Å²) < 4.78 is 0. The van der Waals surface area contributed by atoms with Gasteiger partial charge in [-0.05, 0) is 53.8 Å². The van der Waals surface area contributed by atoms with E-state index in [0.717, 1.165) is 65.8 Å². The second-order valence-corrected chi connectivity index (χ2v) is 9.50. The molecule has 7 nitrogen and oxygen atoms in total. The minimum absolute atomic E-state index is 0.157. The predicted octanol–water partition coefficient (Wildman–Crippen LogP) is 4.50. The average Bonchev–Trinajstić information content (AvgIpc) is 3.51. The van der Waals surface area contributed by atoms with E-state index in [-0.39, 0.29) is 5.91 Å². The van der Waals surface area contributed by atoms with Gasteiger partial charge in [-0.3, -0.25) is 14.8 Å².